The minimum absolute atomic E-state index is 0.0833. The first-order valence-corrected chi connectivity index (χ1v) is 8.42. The number of para-hydroxylation sites is 2. The molecule has 0 saturated carbocycles. The second-order valence-corrected chi connectivity index (χ2v) is 5.04. The highest BCUT2D eigenvalue weighted by Crippen LogP contribution is 2.38. The van der Waals surface area contributed by atoms with E-state index in [-0.39, 0.29) is 6.92 Å². The van der Waals surface area contributed by atoms with Gasteiger partial charge >= 0.3 is 12.4 Å². The lowest BCUT2D eigenvalue weighted by Crippen LogP contribution is -2.33. The van der Waals surface area contributed by atoms with Crippen LogP contribution in [0.5, 0.6) is 0 Å². The molecule has 168 valence electrons. The average Bonchev–Trinajstić information content (AvgIpc) is 2.64. The molecule has 29 heavy (non-hydrogen) atoms. The van der Waals surface area contributed by atoms with E-state index in [1.165, 1.54) is 0 Å². The molecule has 1 aromatic carbocycles. The van der Waals surface area contributed by atoms with Crippen LogP contribution in [0, 0.1) is 5.92 Å². The Labute approximate surface area is 167 Å². The smallest absolute Gasteiger partial charge is 0.397 e. The van der Waals surface area contributed by atoms with Crippen molar-refractivity contribution in [3.05, 3.63) is 60.5 Å². The molecular formula is C19H30F6N4. The van der Waals surface area contributed by atoms with Gasteiger partial charge in [-0.05, 0) is 32.1 Å². The first-order chi connectivity index (χ1) is 13.2. The molecule has 0 bridgehead atoms. The van der Waals surface area contributed by atoms with Crippen LogP contribution in [-0.4, -0.2) is 12.4 Å². The molecule has 0 aliphatic carbocycles. The van der Waals surface area contributed by atoms with Gasteiger partial charge in [-0.25, -0.2) is 0 Å². The summed E-state index contributed by atoms with van der Waals surface area (Å²) < 4.78 is 67.4. The van der Waals surface area contributed by atoms with E-state index < -0.39 is 18.3 Å². The summed E-state index contributed by atoms with van der Waals surface area (Å²) in [4.78, 5) is 0. The van der Waals surface area contributed by atoms with E-state index in [1.54, 1.807) is 30.4 Å². The van der Waals surface area contributed by atoms with Crippen molar-refractivity contribution in [2.24, 2.45) is 17.4 Å². The minimum atomic E-state index is -5.18. The molecule has 4 nitrogen and oxygen atoms in total. The van der Waals surface area contributed by atoms with Crippen molar-refractivity contribution in [1.82, 2.24) is 0 Å². The van der Waals surface area contributed by atoms with E-state index in [0.717, 1.165) is 0 Å². The molecule has 8 N–H and O–H groups in total. The number of alkyl halides is 6. The third-order valence-electron chi connectivity index (χ3n) is 2.92. The third-order valence-corrected chi connectivity index (χ3v) is 2.92. The quantitative estimate of drug-likeness (QED) is 0.284. The molecule has 1 aromatic rings. The van der Waals surface area contributed by atoms with Crippen LogP contribution in [0.4, 0.5) is 37.7 Å². The van der Waals surface area contributed by atoms with Crippen LogP contribution in [0.1, 0.15) is 27.7 Å². The van der Waals surface area contributed by atoms with E-state index in [9.17, 15) is 26.3 Å². The Morgan fingerprint density at radius 1 is 0.897 bits per heavy atom. The van der Waals surface area contributed by atoms with Gasteiger partial charge < -0.3 is 22.9 Å². The molecule has 0 fully saturated rings. The Morgan fingerprint density at radius 3 is 1.41 bits per heavy atom. The van der Waals surface area contributed by atoms with Gasteiger partial charge in [-0.3, -0.25) is 0 Å². The molecule has 0 amide bonds. The predicted molar refractivity (Wildman–Crippen MR) is 108 cm³/mol. The van der Waals surface area contributed by atoms with Crippen molar-refractivity contribution in [3.8, 4) is 0 Å². The number of anilines is 2. The highest BCUT2D eigenvalue weighted by atomic mass is 19.4. The van der Waals surface area contributed by atoms with Crippen LogP contribution in [0.15, 0.2) is 60.5 Å². The van der Waals surface area contributed by atoms with E-state index in [4.69, 9.17) is 22.9 Å². The van der Waals surface area contributed by atoms with E-state index in [1.807, 2.05) is 32.9 Å². The van der Waals surface area contributed by atoms with Crippen LogP contribution < -0.4 is 22.9 Å². The second-order valence-electron chi connectivity index (χ2n) is 5.04. The molecule has 0 atom stereocenters. The van der Waals surface area contributed by atoms with Gasteiger partial charge in [0.15, 0.2) is 0 Å². The van der Waals surface area contributed by atoms with Gasteiger partial charge in [0.2, 0.25) is 0 Å². The Bertz CT molecular complexity index is 599. The number of benzene rings is 1. The molecule has 0 unspecified atom stereocenters. The van der Waals surface area contributed by atoms with Gasteiger partial charge in [0, 0.05) is 0 Å². The lowest BCUT2D eigenvalue weighted by Gasteiger charge is -2.17. The van der Waals surface area contributed by atoms with E-state index in [2.05, 4.69) is 6.58 Å². The summed E-state index contributed by atoms with van der Waals surface area (Å²) in [5.41, 5.74) is 24.1. The van der Waals surface area contributed by atoms with Gasteiger partial charge in [0.05, 0.1) is 22.8 Å². The maximum atomic E-state index is 11.2. The minimum Gasteiger partial charge on any atom is -0.397 e. The van der Waals surface area contributed by atoms with E-state index in [0.29, 0.717) is 22.8 Å². The SMILES string of the molecule is C=C/C=C(N)\C(N)=C/C.CC.CC(C(F)(F)F)C(F)(F)F.Nc1ccccc1N. The zero-order valence-corrected chi connectivity index (χ0v) is 16.9. The van der Waals surface area contributed by atoms with Crippen molar-refractivity contribution in [2.75, 3.05) is 11.5 Å². The Hall–Kier alpha value is -2.78. The summed E-state index contributed by atoms with van der Waals surface area (Å²) in [6.45, 7) is 9.39. The number of hydrogen-bond donors (Lipinski definition) is 4. The summed E-state index contributed by atoms with van der Waals surface area (Å²) in [5.74, 6) is -3.24. The topological polar surface area (TPSA) is 104 Å². The first-order valence-electron chi connectivity index (χ1n) is 8.42. The zero-order valence-electron chi connectivity index (χ0n) is 16.9. The van der Waals surface area contributed by atoms with Crippen molar-refractivity contribution in [1.29, 1.82) is 0 Å². The van der Waals surface area contributed by atoms with Crippen molar-refractivity contribution >= 4 is 11.4 Å². The van der Waals surface area contributed by atoms with Gasteiger partial charge in [0.25, 0.3) is 0 Å². The second kappa shape index (κ2) is 15.2. The lowest BCUT2D eigenvalue weighted by atomic mass is 10.2. The fraction of sp³-hybridized carbons (Fsp3) is 0.368. The number of nitrogen functional groups attached to an aromatic ring is 2. The summed E-state index contributed by atoms with van der Waals surface area (Å²) in [6.07, 6.45) is -5.35. The summed E-state index contributed by atoms with van der Waals surface area (Å²) in [6, 6.07) is 7.25. The van der Waals surface area contributed by atoms with Crippen molar-refractivity contribution < 1.29 is 26.3 Å². The highest BCUT2D eigenvalue weighted by molar-refractivity contribution is 5.62. The molecule has 0 heterocycles. The number of nitrogens with two attached hydrogens (primary N) is 4. The standard InChI is InChI=1S/C7H12N2.C6H8N2.C4H4F6.C2H6/c1-3-5-7(9)6(8)4-2;7-5-3-1-2-4-6(5)8;1-2(3(5,6)7)4(8,9)10;1-2/h3-5H,1,8-9H2,2H3;1-4H,7-8H2;2H,1H3;1-2H3/b6-4+,7-5+;;;. The van der Waals surface area contributed by atoms with E-state index >= 15 is 0 Å². The molecule has 0 saturated heterocycles. The van der Waals surface area contributed by atoms with Crippen LogP contribution in [0.3, 0.4) is 0 Å². The zero-order chi connectivity index (χ0) is 23.8. The normalized spacial score (nSPS) is 11.8. The summed E-state index contributed by atoms with van der Waals surface area (Å²) in [7, 11) is 0. The van der Waals surface area contributed by atoms with Gasteiger partial charge in [-0.15, -0.1) is 0 Å². The molecular weight excluding hydrogens is 398 g/mol. The van der Waals surface area contributed by atoms with Crippen molar-refractivity contribution in [2.45, 2.75) is 40.0 Å². The number of rotatable bonds is 2. The largest absolute Gasteiger partial charge is 0.400 e. The fourth-order valence-electron chi connectivity index (χ4n) is 1.09. The molecule has 0 aliphatic rings. The molecule has 10 heteroatoms. The van der Waals surface area contributed by atoms with Crippen LogP contribution in [0.25, 0.3) is 0 Å². The van der Waals surface area contributed by atoms with Crippen LogP contribution in [-0.2, 0) is 0 Å². The molecule has 0 spiro atoms. The van der Waals surface area contributed by atoms with Gasteiger partial charge in [-0.1, -0.05) is 44.7 Å². The average molecular weight is 428 g/mol. The molecule has 0 radical (unpaired) electrons. The number of allylic oxidation sites excluding steroid dienone is 3. The van der Waals surface area contributed by atoms with Gasteiger partial charge in [-0.2, -0.15) is 26.3 Å². The predicted octanol–water partition coefficient (Wildman–Crippen LogP) is 5.50. The van der Waals surface area contributed by atoms with Gasteiger partial charge in [0.1, 0.15) is 5.92 Å². The maximum Gasteiger partial charge on any atom is 0.400 e. The summed E-state index contributed by atoms with van der Waals surface area (Å²) >= 11 is 0. The number of halogens is 6. The van der Waals surface area contributed by atoms with Crippen LogP contribution in [0.2, 0.25) is 0 Å². The lowest BCUT2D eigenvalue weighted by molar-refractivity contribution is -0.278. The molecule has 1 rings (SSSR count). The maximum absolute atomic E-state index is 11.2. The Balaban J connectivity index is -0.000000336. The first kappa shape index (κ1) is 30.9. The fourth-order valence-corrected chi connectivity index (χ4v) is 1.09. The monoisotopic (exact) mass is 428 g/mol. The van der Waals surface area contributed by atoms with Crippen LogP contribution >= 0.6 is 0 Å². The highest BCUT2D eigenvalue weighted by Gasteiger charge is 2.53. The molecule has 0 aromatic heterocycles. The Kier molecular flexibility index (Phi) is 16.2. The Morgan fingerprint density at radius 2 is 1.24 bits per heavy atom. The van der Waals surface area contributed by atoms with Crippen molar-refractivity contribution in [3.63, 3.8) is 0 Å². The molecule has 0 aliphatic heterocycles. The number of hydrogen-bond acceptors (Lipinski definition) is 4. The third kappa shape index (κ3) is 15.9. The summed E-state index contributed by atoms with van der Waals surface area (Å²) in [5, 5.41) is 0.